The van der Waals surface area contributed by atoms with Crippen molar-refractivity contribution in [1.29, 1.82) is 0 Å². The van der Waals surface area contributed by atoms with E-state index in [2.05, 4.69) is 27.0 Å². The second kappa shape index (κ2) is 10.00. The third-order valence-electron chi connectivity index (χ3n) is 4.77. The maximum atomic E-state index is 12.5. The van der Waals surface area contributed by atoms with E-state index in [0.29, 0.717) is 6.54 Å². The van der Waals surface area contributed by atoms with Gasteiger partial charge >= 0.3 is 0 Å². The summed E-state index contributed by atoms with van der Waals surface area (Å²) < 4.78 is 7.33. The molecule has 0 unspecified atom stereocenters. The number of aromatic nitrogens is 2. The number of carbonyl (C=O) groups is 1. The fraction of sp³-hybridized carbons (Fsp3) is 0.120. The lowest BCUT2D eigenvalue weighted by Crippen LogP contribution is -2.24. The highest BCUT2D eigenvalue weighted by Gasteiger charge is 2.15. The van der Waals surface area contributed by atoms with E-state index in [-0.39, 0.29) is 11.7 Å². The number of thioether (sulfide) groups is 1. The van der Waals surface area contributed by atoms with Gasteiger partial charge in [-0.15, -0.1) is 0 Å². The van der Waals surface area contributed by atoms with Gasteiger partial charge in [0, 0.05) is 17.8 Å². The van der Waals surface area contributed by atoms with Crippen LogP contribution < -0.4 is 10.1 Å². The van der Waals surface area contributed by atoms with Crippen LogP contribution in [0, 0.1) is 0 Å². The van der Waals surface area contributed by atoms with Crippen LogP contribution in [-0.4, -0.2) is 28.3 Å². The van der Waals surface area contributed by atoms with Crippen LogP contribution in [0.15, 0.2) is 96.3 Å². The van der Waals surface area contributed by atoms with Gasteiger partial charge in [0.25, 0.3) is 0 Å². The lowest BCUT2D eigenvalue weighted by Gasteiger charge is -2.12. The minimum absolute atomic E-state index is 0.0447. The van der Waals surface area contributed by atoms with E-state index in [4.69, 9.17) is 4.74 Å². The Morgan fingerprint density at radius 1 is 1.00 bits per heavy atom. The minimum atomic E-state index is -0.0447. The molecule has 0 aliphatic rings. The van der Waals surface area contributed by atoms with Gasteiger partial charge in [-0.05, 0) is 29.8 Å². The van der Waals surface area contributed by atoms with Crippen LogP contribution >= 0.6 is 11.8 Å². The van der Waals surface area contributed by atoms with E-state index >= 15 is 0 Å². The zero-order valence-electron chi connectivity index (χ0n) is 17.2. The van der Waals surface area contributed by atoms with E-state index in [0.717, 1.165) is 33.4 Å². The number of ether oxygens (including phenoxy) is 1. The van der Waals surface area contributed by atoms with Crippen molar-refractivity contribution >= 4 is 17.7 Å². The molecule has 31 heavy (non-hydrogen) atoms. The predicted molar refractivity (Wildman–Crippen MR) is 125 cm³/mol. The molecule has 0 spiro atoms. The smallest absolute Gasteiger partial charge is 0.230 e. The summed E-state index contributed by atoms with van der Waals surface area (Å²) in [7, 11) is 1.63. The van der Waals surface area contributed by atoms with E-state index in [9.17, 15) is 4.79 Å². The van der Waals surface area contributed by atoms with Crippen molar-refractivity contribution in [1.82, 2.24) is 14.9 Å². The Hall–Kier alpha value is -3.51. The molecule has 156 valence electrons. The van der Waals surface area contributed by atoms with Crippen molar-refractivity contribution in [3.8, 4) is 22.7 Å². The first-order valence-corrected chi connectivity index (χ1v) is 10.9. The van der Waals surface area contributed by atoms with Crippen LogP contribution in [0.3, 0.4) is 0 Å². The standard InChI is InChI=1S/C25H23N3O2S/c1-30-22-14-8-9-19(15-22)16-26-24(29)18-31-25-27-17-23(20-10-4-2-5-11-20)28(25)21-12-6-3-7-13-21/h2-15,17H,16,18H2,1H3,(H,26,29). The van der Waals surface area contributed by atoms with E-state index in [1.807, 2.05) is 79.0 Å². The first kappa shape index (κ1) is 20.8. The molecule has 1 heterocycles. The molecular formula is C25H23N3O2S. The summed E-state index contributed by atoms with van der Waals surface area (Å²) in [6.07, 6.45) is 1.86. The summed E-state index contributed by atoms with van der Waals surface area (Å²) >= 11 is 1.42. The van der Waals surface area contributed by atoms with Gasteiger partial charge in [0.15, 0.2) is 5.16 Å². The molecule has 0 fully saturated rings. The molecular weight excluding hydrogens is 406 g/mol. The number of nitrogens with one attached hydrogen (secondary N) is 1. The molecule has 0 aliphatic carbocycles. The Balaban J connectivity index is 1.48. The number of para-hydroxylation sites is 1. The molecule has 6 heteroatoms. The molecule has 0 atom stereocenters. The van der Waals surface area contributed by atoms with Crippen LogP contribution in [-0.2, 0) is 11.3 Å². The average Bonchev–Trinajstić information content (AvgIpc) is 3.26. The van der Waals surface area contributed by atoms with Crippen molar-refractivity contribution in [3.63, 3.8) is 0 Å². The third-order valence-corrected chi connectivity index (χ3v) is 5.72. The number of benzene rings is 3. The van der Waals surface area contributed by atoms with Gasteiger partial charge in [0.2, 0.25) is 5.91 Å². The molecule has 1 amide bonds. The zero-order chi connectivity index (χ0) is 21.5. The molecule has 0 saturated carbocycles. The van der Waals surface area contributed by atoms with Crippen LogP contribution in [0.4, 0.5) is 0 Å². The molecule has 1 aromatic heterocycles. The number of methoxy groups -OCH3 is 1. The van der Waals surface area contributed by atoms with Gasteiger partial charge in [0.1, 0.15) is 5.75 Å². The number of hydrogen-bond donors (Lipinski definition) is 1. The van der Waals surface area contributed by atoms with Crippen molar-refractivity contribution in [3.05, 3.63) is 96.7 Å². The number of amides is 1. The maximum absolute atomic E-state index is 12.5. The Kier molecular flexibility index (Phi) is 6.69. The van der Waals surface area contributed by atoms with E-state index in [1.165, 1.54) is 11.8 Å². The van der Waals surface area contributed by atoms with E-state index < -0.39 is 0 Å². The molecule has 0 radical (unpaired) electrons. The molecule has 3 aromatic carbocycles. The predicted octanol–water partition coefficient (Wildman–Crippen LogP) is 4.96. The molecule has 5 nitrogen and oxygen atoms in total. The summed E-state index contributed by atoms with van der Waals surface area (Å²) in [6, 6.07) is 27.9. The largest absolute Gasteiger partial charge is 0.497 e. The fourth-order valence-corrected chi connectivity index (χ4v) is 4.06. The highest BCUT2D eigenvalue weighted by Crippen LogP contribution is 2.29. The Bertz CT molecular complexity index is 1140. The van der Waals surface area contributed by atoms with Crippen molar-refractivity contribution in [2.24, 2.45) is 0 Å². The van der Waals surface area contributed by atoms with Crippen molar-refractivity contribution in [2.45, 2.75) is 11.7 Å². The maximum Gasteiger partial charge on any atom is 0.230 e. The highest BCUT2D eigenvalue weighted by molar-refractivity contribution is 7.99. The van der Waals surface area contributed by atoms with Crippen LogP contribution in [0.5, 0.6) is 5.75 Å². The molecule has 0 bridgehead atoms. The van der Waals surface area contributed by atoms with E-state index in [1.54, 1.807) is 7.11 Å². The van der Waals surface area contributed by atoms with Crippen LogP contribution in [0.25, 0.3) is 16.9 Å². The number of carbonyl (C=O) groups excluding carboxylic acids is 1. The van der Waals surface area contributed by atoms with Gasteiger partial charge in [-0.2, -0.15) is 0 Å². The monoisotopic (exact) mass is 429 g/mol. The number of hydrogen-bond acceptors (Lipinski definition) is 4. The summed E-state index contributed by atoms with van der Waals surface area (Å²) in [6.45, 7) is 0.457. The summed E-state index contributed by atoms with van der Waals surface area (Å²) in [5, 5.41) is 3.75. The van der Waals surface area contributed by atoms with Crippen molar-refractivity contribution < 1.29 is 9.53 Å². The Labute approximate surface area is 186 Å². The fourth-order valence-electron chi connectivity index (χ4n) is 3.24. The quantitative estimate of drug-likeness (QED) is 0.403. The lowest BCUT2D eigenvalue weighted by atomic mass is 10.1. The van der Waals surface area contributed by atoms with Crippen LogP contribution in [0.2, 0.25) is 0 Å². The molecule has 4 aromatic rings. The molecule has 1 N–H and O–H groups in total. The van der Waals surface area contributed by atoms with Gasteiger partial charge in [-0.1, -0.05) is 72.4 Å². The van der Waals surface area contributed by atoms with Gasteiger partial charge < -0.3 is 10.1 Å². The van der Waals surface area contributed by atoms with Crippen LogP contribution in [0.1, 0.15) is 5.56 Å². The minimum Gasteiger partial charge on any atom is -0.497 e. The van der Waals surface area contributed by atoms with Gasteiger partial charge in [-0.3, -0.25) is 9.36 Å². The third kappa shape index (κ3) is 5.16. The SMILES string of the molecule is COc1cccc(CNC(=O)CSc2ncc(-c3ccccc3)n2-c2ccccc2)c1. The summed E-state index contributed by atoms with van der Waals surface area (Å²) in [4.78, 5) is 17.1. The number of rotatable bonds is 8. The Morgan fingerprint density at radius 3 is 2.48 bits per heavy atom. The second-order valence-electron chi connectivity index (χ2n) is 6.88. The first-order valence-electron chi connectivity index (χ1n) is 9.95. The van der Waals surface area contributed by atoms with Gasteiger partial charge in [-0.25, -0.2) is 4.98 Å². The van der Waals surface area contributed by atoms with Crippen molar-refractivity contribution in [2.75, 3.05) is 12.9 Å². The molecule has 0 aliphatic heterocycles. The normalized spacial score (nSPS) is 10.6. The zero-order valence-corrected chi connectivity index (χ0v) is 18.0. The van der Waals surface area contributed by atoms with Gasteiger partial charge in [0.05, 0.1) is 24.8 Å². The number of nitrogens with zero attached hydrogens (tertiary/aromatic N) is 2. The summed E-state index contributed by atoms with van der Waals surface area (Å²) in [5.41, 5.74) is 4.08. The molecule has 0 saturated heterocycles. The first-order chi connectivity index (χ1) is 15.2. The average molecular weight is 430 g/mol. The summed E-state index contributed by atoms with van der Waals surface area (Å²) in [5.74, 6) is 1.01. The lowest BCUT2D eigenvalue weighted by molar-refractivity contribution is -0.118. The highest BCUT2D eigenvalue weighted by atomic mass is 32.2. The topological polar surface area (TPSA) is 56.1 Å². The second-order valence-corrected chi connectivity index (χ2v) is 7.82. The molecule has 4 rings (SSSR count). The Morgan fingerprint density at radius 2 is 1.74 bits per heavy atom. The number of imidazole rings is 1.